The van der Waals surface area contributed by atoms with Crippen molar-refractivity contribution < 1.29 is 14.3 Å². The molecule has 1 amide bonds. The number of ketones is 1. The van der Waals surface area contributed by atoms with Crippen LogP contribution in [0.5, 0.6) is 0 Å². The maximum absolute atomic E-state index is 12.3. The number of alkyl halides is 1. The second-order valence-corrected chi connectivity index (χ2v) is 9.06. The first-order valence-corrected chi connectivity index (χ1v) is 9.91. The topological polar surface area (TPSA) is 46.6 Å². The van der Waals surface area contributed by atoms with Crippen molar-refractivity contribution in [2.45, 2.75) is 51.2 Å². The van der Waals surface area contributed by atoms with E-state index in [1.54, 1.807) is 11.3 Å². The van der Waals surface area contributed by atoms with Crippen molar-refractivity contribution in [2.75, 3.05) is 11.9 Å². The number of piperidine rings is 1. The molecular formula is C17H22BrNO3S. The van der Waals surface area contributed by atoms with Crippen molar-refractivity contribution in [3.8, 4) is 0 Å². The van der Waals surface area contributed by atoms with E-state index in [-0.39, 0.29) is 17.9 Å². The number of halogens is 1. The van der Waals surface area contributed by atoms with Gasteiger partial charge in [0.1, 0.15) is 5.60 Å². The Kier molecular flexibility index (Phi) is 4.58. The average Bonchev–Trinajstić information content (AvgIpc) is 3.18. The molecule has 2 bridgehead atoms. The monoisotopic (exact) mass is 399 g/mol. The van der Waals surface area contributed by atoms with E-state index in [1.165, 1.54) is 4.88 Å². The van der Waals surface area contributed by atoms with E-state index in [2.05, 4.69) is 22.0 Å². The van der Waals surface area contributed by atoms with Crippen LogP contribution in [-0.4, -0.2) is 40.3 Å². The number of amides is 1. The second-order valence-electron chi connectivity index (χ2n) is 7.38. The predicted molar refractivity (Wildman–Crippen MR) is 94.6 cm³/mol. The molecule has 6 heteroatoms. The minimum atomic E-state index is -0.447. The molecule has 0 N–H and O–H groups in total. The predicted octanol–water partition coefficient (Wildman–Crippen LogP) is 4.44. The van der Waals surface area contributed by atoms with E-state index in [1.807, 2.05) is 31.7 Å². The van der Waals surface area contributed by atoms with Crippen molar-refractivity contribution >= 4 is 39.1 Å². The highest BCUT2D eigenvalue weighted by molar-refractivity contribution is 9.09. The summed E-state index contributed by atoms with van der Waals surface area (Å²) in [6, 6.07) is 4.29. The lowest BCUT2D eigenvalue weighted by atomic mass is 9.93. The van der Waals surface area contributed by atoms with E-state index in [9.17, 15) is 9.59 Å². The number of fused-ring (bicyclic) bond motifs is 2. The summed E-state index contributed by atoms with van der Waals surface area (Å²) in [5, 5.41) is 0.371. The molecule has 2 heterocycles. The molecule has 0 spiro atoms. The van der Waals surface area contributed by atoms with Crippen LogP contribution in [0.4, 0.5) is 4.79 Å². The standard InChI is InChI=1S/C17H22BrNO3S/c1-17(2,3)22-16(21)19-9-10-6-11(19)7-12(10)14-4-5-15(23-14)13(20)8-18/h4-5,10-12H,6-9H2,1-3H3. The molecule has 2 aliphatic rings. The van der Waals surface area contributed by atoms with Crippen LogP contribution in [0.25, 0.3) is 0 Å². The number of rotatable bonds is 3. The SMILES string of the molecule is CC(C)(C)OC(=O)N1CC2CC1CC2c1ccc(C(=O)CBr)s1. The molecule has 1 saturated carbocycles. The summed E-state index contributed by atoms with van der Waals surface area (Å²) in [6.45, 7) is 6.46. The minimum Gasteiger partial charge on any atom is -0.444 e. The first kappa shape index (κ1) is 17.0. The van der Waals surface area contributed by atoms with Gasteiger partial charge in [-0.1, -0.05) is 15.9 Å². The fourth-order valence-corrected chi connectivity index (χ4v) is 5.25. The molecule has 1 aromatic heterocycles. The van der Waals surface area contributed by atoms with Crippen LogP contribution < -0.4 is 0 Å². The Labute approximate surface area is 149 Å². The fourth-order valence-electron chi connectivity index (χ4n) is 3.61. The van der Waals surface area contributed by atoms with Crippen molar-refractivity contribution in [3.63, 3.8) is 0 Å². The first-order valence-electron chi connectivity index (χ1n) is 7.97. The zero-order chi connectivity index (χ0) is 16.8. The molecule has 1 aliphatic carbocycles. The second kappa shape index (κ2) is 6.20. The van der Waals surface area contributed by atoms with Crippen LogP contribution >= 0.6 is 27.3 Å². The number of carbonyl (C=O) groups is 2. The number of nitrogens with zero attached hydrogens (tertiary/aromatic N) is 1. The van der Waals surface area contributed by atoms with Gasteiger partial charge < -0.3 is 9.64 Å². The Morgan fingerprint density at radius 3 is 2.65 bits per heavy atom. The third-order valence-corrected chi connectivity index (χ3v) is 6.33. The van der Waals surface area contributed by atoms with Crippen LogP contribution in [-0.2, 0) is 4.74 Å². The molecule has 1 aromatic rings. The highest BCUT2D eigenvalue weighted by Crippen LogP contribution is 2.49. The summed E-state index contributed by atoms with van der Waals surface area (Å²) in [4.78, 5) is 28.1. The van der Waals surface area contributed by atoms with E-state index in [0.717, 1.165) is 24.3 Å². The Morgan fingerprint density at radius 1 is 1.35 bits per heavy atom. The number of thiophene rings is 1. The fraction of sp³-hybridized carbons (Fsp3) is 0.647. The quantitative estimate of drug-likeness (QED) is 0.557. The summed E-state index contributed by atoms with van der Waals surface area (Å²) in [6.07, 6.45) is 1.83. The maximum atomic E-state index is 12.3. The number of hydrogen-bond donors (Lipinski definition) is 0. The summed E-state index contributed by atoms with van der Waals surface area (Å²) in [7, 11) is 0. The van der Waals surface area contributed by atoms with Crippen LogP contribution in [0, 0.1) is 5.92 Å². The average molecular weight is 400 g/mol. The van der Waals surface area contributed by atoms with Gasteiger partial charge in [0, 0.05) is 17.5 Å². The van der Waals surface area contributed by atoms with Gasteiger partial charge in [0.05, 0.1) is 10.2 Å². The van der Waals surface area contributed by atoms with Crippen molar-refractivity contribution in [3.05, 3.63) is 21.9 Å². The number of hydrogen-bond acceptors (Lipinski definition) is 4. The minimum absolute atomic E-state index is 0.139. The van der Waals surface area contributed by atoms with E-state index >= 15 is 0 Å². The molecular weight excluding hydrogens is 378 g/mol. The van der Waals surface area contributed by atoms with E-state index in [4.69, 9.17) is 4.74 Å². The summed E-state index contributed by atoms with van der Waals surface area (Å²) >= 11 is 4.83. The van der Waals surface area contributed by atoms with E-state index < -0.39 is 5.60 Å². The van der Waals surface area contributed by atoms with Gasteiger partial charge in [-0.25, -0.2) is 4.79 Å². The third-order valence-electron chi connectivity index (χ3n) is 4.56. The highest BCUT2D eigenvalue weighted by Gasteiger charge is 2.48. The van der Waals surface area contributed by atoms with Crippen LogP contribution in [0.3, 0.4) is 0 Å². The Balaban J connectivity index is 1.65. The van der Waals surface area contributed by atoms with Crippen molar-refractivity contribution in [1.82, 2.24) is 4.90 Å². The Bertz CT molecular complexity index is 622. The lowest BCUT2D eigenvalue weighted by Crippen LogP contribution is -2.42. The van der Waals surface area contributed by atoms with Crippen molar-refractivity contribution in [1.29, 1.82) is 0 Å². The Morgan fingerprint density at radius 2 is 2.09 bits per heavy atom. The molecule has 4 nitrogen and oxygen atoms in total. The smallest absolute Gasteiger partial charge is 0.410 e. The van der Waals surface area contributed by atoms with Crippen LogP contribution in [0.1, 0.15) is 54.1 Å². The summed E-state index contributed by atoms with van der Waals surface area (Å²) in [5.74, 6) is 1.10. The van der Waals surface area contributed by atoms with Crippen LogP contribution in [0.15, 0.2) is 12.1 Å². The molecule has 1 saturated heterocycles. The number of carbonyl (C=O) groups excluding carboxylic acids is 2. The third kappa shape index (κ3) is 3.48. The Hall–Kier alpha value is -0.880. The summed E-state index contributed by atoms with van der Waals surface area (Å²) < 4.78 is 5.51. The molecule has 126 valence electrons. The lowest BCUT2D eigenvalue weighted by molar-refractivity contribution is 0.0181. The van der Waals surface area contributed by atoms with Gasteiger partial charge in [-0.3, -0.25) is 4.79 Å². The molecule has 0 radical (unpaired) electrons. The van der Waals surface area contributed by atoms with Gasteiger partial charge in [0.2, 0.25) is 0 Å². The zero-order valence-corrected chi connectivity index (χ0v) is 16.1. The molecule has 3 rings (SSSR count). The number of Topliss-reactive ketones (excluding diaryl/α,β-unsaturated/α-hetero) is 1. The molecule has 2 fully saturated rings. The van der Waals surface area contributed by atoms with Gasteiger partial charge in [0.25, 0.3) is 0 Å². The number of likely N-dealkylation sites (tertiary alicyclic amines) is 1. The maximum Gasteiger partial charge on any atom is 0.410 e. The van der Waals surface area contributed by atoms with Gasteiger partial charge >= 0.3 is 6.09 Å². The largest absolute Gasteiger partial charge is 0.444 e. The van der Waals surface area contributed by atoms with Crippen LogP contribution in [0.2, 0.25) is 0 Å². The first-order chi connectivity index (χ1) is 10.8. The molecule has 3 unspecified atom stereocenters. The van der Waals surface area contributed by atoms with Gasteiger partial charge in [-0.05, 0) is 57.6 Å². The zero-order valence-electron chi connectivity index (χ0n) is 13.7. The van der Waals surface area contributed by atoms with Gasteiger partial charge in [-0.15, -0.1) is 11.3 Å². The van der Waals surface area contributed by atoms with Crippen molar-refractivity contribution in [2.24, 2.45) is 5.92 Å². The summed E-state index contributed by atoms with van der Waals surface area (Å²) in [5.41, 5.74) is -0.447. The number of ether oxygens (including phenoxy) is 1. The lowest BCUT2D eigenvalue weighted by Gasteiger charge is -2.32. The van der Waals surface area contributed by atoms with Gasteiger partial charge in [-0.2, -0.15) is 0 Å². The molecule has 0 aromatic carbocycles. The van der Waals surface area contributed by atoms with E-state index in [0.29, 0.717) is 17.2 Å². The molecule has 23 heavy (non-hydrogen) atoms. The highest BCUT2D eigenvalue weighted by atomic mass is 79.9. The molecule has 3 atom stereocenters. The van der Waals surface area contributed by atoms with Gasteiger partial charge in [0.15, 0.2) is 5.78 Å². The normalized spacial score (nSPS) is 26.6. The molecule has 1 aliphatic heterocycles.